The maximum Gasteiger partial charge on any atom is 2.00 e. The van der Waals surface area contributed by atoms with Crippen molar-refractivity contribution in [2.75, 3.05) is 0 Å². The van der Waals surface area contributed by atoms with E-state index < -0.39 is 0 Å². The van der Waals surface area contributed by atoms with Crippen molar-refractivity contribution in [1.82, 2.24) is 24.1 Å². The smallest absolute Gasteiger partial charge is 0.345 e. The van der Waals surface area contributed by atoms with Crippen molar-refractivity contribution in [3.8, 4) is 38.9 Å². The van der Waals surface area contributed by atoms with E-state index in [9.17, 15) is 0 Å². The van der Waals surface area contributed by atoms with Crippen LogP contribution in [0.15, 0.2) is 110 Å². The van der Waals surface area contributed by atoms with Gasteiger partial charge in [0.25, 0.3) is 0 Å². The molecule has 0 unspecified atom stereocenters. The number of hydrogen-bond acceptors (Lipinski definition) is 4. The minimum atomic E-state index is 0. The molecule has 198 valence electrons. The Bertz CT molecular complexity index is 2160. The molecule has 4 heterocycles. The van der Waals surface area contributed by atoms with Crippen LogP contribution in [0, 0.1) is 12.1 Å². The predicted molar refractivity (Wildman–Crippen MR) is 162 cm³/mol. The molecule has 0 atom stereocenters. The maximum atomic E-state index is 4.92. The fourth-order valence-electron chi connectivity index (χ4n) is 5.37. The number of thiazole rings is 1. The number of aromatic nitrogens is 5. The number of benzene rings is 4. The van der Waals surface area contributed by atoms with Crippen molar-refractivity contribution in [1.29, 1.82) is 0 Å². The number of pyridine rings is 1. The Hall–Kier alpha value is -4.38. The Kier molecular flexibility index (Phi) is 6.38. The number of fused-ring (bicyclic) bond motifs is 4. The van der Waals surface area contributed by atoms with E-state index in [1.807, 2.05) is 54.5 Å². The Morgan fingerprint density at radius 3 is 2.39 bits per heavy atom. The Balaban J connectivity index is 0.00000276. The third-order valence-corrected chi connectivity index (χ3v) is 8.33. The van der Waals surface area contributed by atoms with E-state index in [4.69, 9.17) is 9.97 Å². The van der Waals surface area contributed by atoms with Crippen molar-refractivity contribution < 1.29 is 21.1 Å². The molecule has 0 fully saturated rings. The molecule has 41 heavy (non-hydrogen) atoms. The molecule has 0 spiro atoms. The second-order valence-corrected chi connectivity index (χ2v) is 10.7. The first-order valence-electron chi connectivity index (χ1n) is 13.0. The summed E-state index contributed by atoms with van der Waals surface area (Å²) in [7, 11) is 2.02. The Morgan fingerprint density at radius 2 is 1.56 bits per heavy atom. The van der Waals surface area contributed by atoms with Crippen LogP contribution in [0.4, 0.5) is 0 Å². The summed E-state index contributed by atoms with van der Waals surface area (Å²) >= 11 is 1.69. The molecular weight excluding hydrogens is 706 g/mol. The number of rotatable bonds is 4. The zero-order valence-corrected chi connectivity index (χ0v) is 24.9. The number of nitrogens with zero attached hydrogens (tertiary/aromatic N) is 5. The minimum absolute atomic E-state index is 0. The summed E-state index contributed by atoms with van der Waals surface area (Å²) in [6.07, 6.45) is 5.61. The molecule has 0 bridgehead atoms. The molecule has 0 amide bonds. The first-order chi connectivity index (χ1) is 19.7. The van der Waals surface area contributed by atoms with Gasteiger partial charge >= 0.3 is 21.1 Å². The van der Waals surface area contributed by atoms with Crippen molar-refractivity contribution in [3.05, 3.63) is 122 Å². The molecule has 0 saturated heterocycles. The van der Waals surface area contributed by atoms with Crippen LogP contribution in [0.1, 0.15) is 0 Å². The number of imidazole rings is 1. The molecule has 4 aromatic heterocycles. The molecule has 8 rings (SSSR count). The van der Waals surface area contributed by atoms with Crippen LogP contribution in [0.25, 0.3) is 70.9 Å². The van der Waals surface area contributed by atoms with E-state index in [1.54, 1.807) is 11.3 Å². The third kappa shape index (κ3) is 4.22. The molecule has 0 N–H and O–H groups in total. The second kappa shape index (κ2) is 10.2. The van der Waals surface area contributed by atoms with Crippen LogP contribution in [0.2, 0.25) is 0 Å². The van der Waals surface area contributed by atoms with Crippen LogP contribution in [-0.2, 0) is 28.1 Å². The fourth-order valence-corrected chi connectivity index (χ4v) is 6.32. The molecular formula is C34H21N5PtS. The number of hydrogen-bond donors (Lipinski definition) is 0. The first-order valence-corrected chi connectivity index (χ1v) is 13.8. The van der Waals surface area contributed by atoms with Crippen LogP contribution < -0.4 is 0 Å². The van der Waals surface area contributed by atoms with E-state index in [2.05, 4.69) is 88.4 Å². The largest absolute Gasteiger partial charge is 2.00 e. The molecule has 7 heteroatoms. The van der Waals surface area contributed by atoms with E-state index in [0.717, 1.165) is 66.2 Å². The van der Waals surface area contributed by atoms with Gasteiger partial charge in [-0.25, -0.2) is 4.98 Å². The van der Waals surface area contributed by atoms with Gasteiger partial charge in [-0.15, -0.1) is 47.5 Å². The van der Waals surface area contributed by atoms with Gasteiger partial charge in [0, 0.05) is 40.9 Å². The zero-order valence-electron chi connectivity index (χ0n) is 21.9. The molecule has 0 aliphatic rings. The SMILES string of the molecule is Cn1ccnc1-c1ccc(-c2ccccn2)[c-]c1-n1c2[c-]c(-c3nc4ccccc4s3)ccc2c2ccccc21.[Pt+2]. The maximum absolute atomic E-state index is 4.92. The summed E-state index contributed by atoms with van der Waals surface area (Å²) < 4.78 is 5.47. The predicted octanol–water partition coefficient (Wildman–Crippen LogP) is 8.12. The molecule has 4 aromatic carbocycles. The van der Waals surface area contributed by atoms with E-state index in [-0.39, 0.29) is 21.1 Å². The molecule has 8 aromatic rings. The average molecular weight is 727 g/mol. The molecule has 0 aliphatic carbocycles. The number of para-hydroxylation sites is 2. The number of aryl methyl sites for hydroxylation is 1. The summed E-state index contributed by atoms with van der Waals surface area (Å²) in [5, 5.41) is 3.24. The molecule has 0 saturated carbocycles. The standard InChI is InChI=1S/C34H21N5S.Pt/c1-38-19-18-36-33(38)26-16-13-22(27-9-6-7-17-35-27)20-31(26)39-29-11-4-2-8-24(29)25-15-14-23(21-30(25)39)34-37-28-10-3-5-12-32(28)40-34;/h2-19H,1H3;/q-2;+2. The van der Waals surface area contributed by atoms with E-state index in [0.29, 0.717) is 0 Å². The summed E-state index contributed by atoms with van der Waals surface area (Å²) in [5.41, 5.74) is 7.71. The monoisotopic (exact) mass is 726 g/mol. The van der Waals surface area contributed by atoms with Gasteiger partial charge in [-0.3, -0.25) is 4.98 Å². The second-order valence-electron chi connectivity index (χ2n) is 9.68. The Morgan fingerprint density at radius 1 is 0.732 bits per heavy atom. The summed E-state index contributed by atoms with van der Waals surface area (Å²) in [6, 6.07) is 38.7. The van der Waals surface area contributed by atoms with Gasteiger partial charge in [0.15, 0.2) is 0 Å². The first kappa shape index (κ1) is 25.6. The van der Waals surface area contributed by atoms with E-state index in [1.165, 1.54) is 4.70 Å². The molecule has 0 aliphatic heterocycles. The third-order valence-electron chi connectivity index (χ3n) is 7.26. The zero-order chi connectivity index (χ0) is 26.6. The van der Waals surface area contributed by atoms with Gasteiger partial charge in [0.2, 0.25) is 0 Å². The van der Waals surface area contributed by atoms with Gasteiger partial charge in [0.1, 0.15) is 0 Å². The van der Waals surface area contributed by atoms with Crippen LogP contribution >= 0.6 is 11.3 Å². The summed E-state index contributed by atoms with van der Waals surface area (Å²) in [4.78, 5) is 14.2. The molecule has 0 radical (unpaired) electrons. The van der Waals surface area contributed by atoms with Crippen LogP contribution in [0.3, 0.4) is 0 Å². The van der Waals surface area contributed by atoms with Crippen LogP contribution in [-0.4, -0.2) is 24.1 Å². The quantitative estimate of drug-likeness (QED) is 0.172. The molecule has 5 nitrogen and oxygen atoms in total. The normalized spacial score (nSPS) is 11.3. The fraction of sp³-hybridized carbons (Fsp3) is 0.0294. The van der Waals surface area contributed by atoms with Gasteiger partial charge in [-0.1, -0.05) is 47.9 Å². The Labute approximate surface area is 255 Å². The van der Waals surface area contributed by atoms with E-state index >= 15 is 0 Å². The van der Waals surface area contributed by atoms with Crippen molar-refractivity contribution in [2.45, 2.75) is 0 Å². The van der Waals surface area contributed by atoms with Gasteiger partial charge in [-0.2, -0.15) is 11.3 Å². The average Bonchev–Trinajstić information content (AvgIpc) is 3.72. The van der Waals surface area contributed by atoms with Crippen molar-refractivity contribution in [2.24, 2.45) is 7.05 Å². The van der Waals surface area contributed by atoms with Gasteiger partial charge in [-0.05, 0) is 52.1 Å². The minimum Gasteiger partial charge on any atom is -0.345 e. The van der Waals surface area contributed by atoms with Crippen LogP contribution in [0.5, 0.6) is 0 Å². The topological polar surface area (TPSA) is 48.5 Å². The van der Waals surface area contributed by atoms with Gasteiger partial charge in [0.05, 0.1) is 11.3 Å². The summed E-state index contributed by atoms with van der Waals surface area (Å²) in [5.74, 6) is 0.868. The van der Waals surface area contributed by atoms with Gasteiger partial charge < -0.3 is 14.1 Å². The summed E-state index contributed by atoms with van der Waals surface area (Å²) in [6.45, 7) is 0. The van der Waals surface area contributed by atoms with Crippen molar-refractivity contribution in [3.63, 3.8) is 0 Å². The van der Waals surface area contributed by atoms with Crippen molar-refractivity contribution >= 4 is 43.4 Å².